The first-order valence-corrected chi connectivity index (χ1v) is 12.7. The number of aryl methyl sites for hydroxylation is 1. The molecule has 25 heavy (non-hydrogen) atoms. The van der Waals surface area contributed by atoms with Crippen molar-refractivity contribution in [1.29, 1.82) is 0 Å². The summed E-state index contributed by atoms with van der Waals surface area (Å²) in [7, 11) is -1.12. The summed E-state index contributed by atoms with van der Waals surface area (Å²) in [4.78, 5) is 0. The first-order valence-electron chi connectivity index (χ1n) is 8.75. The van der Waals surface area contributed by atoms with Crippen LogP contribution < -0.4 is 10.4 Å². The lowest BCUT2D eigenvalue weighted by Gasteiger charge is -2.16. The van der Waals surface area contributed by atoms with Crippen LogP contribution in [0, 0.1) is 0 Å². The molecule has 0 saturated heterocycles. The lowest BCUT2D eigenvalue weighted by molar-refractivity contribution is 0.934. The number of thioether (sulfide) groups is 1. The minimum atomic E-state index is -1.12. The summed E-state index contributed by atoms with van der Waals surface area (Å²) in [6.45, 7) is 0. The molecule has 3 aromatic rings. The van der Waals surface area contributed by atoms with Crippen LogP contribution in [0.3, 0.4) is 0 Å². The van der Waals surface area contributed by atoms with Gasteiger partial charge >= 0.3 is 0 Å². The Hall–Kier alpha value is -1.29. The standard InChI is InChI=1S/C22H23BrSSi/c23-20-15-13-19(14-16-20)8-7-17-24-18-25(21-9-3-1-4-10-21)22-11-5-2-6-12-22/h1-6,9-16,25H,7-8,17-18H2. The molecule has 3 rings (SSSR count). The van der Waals surface area contributed by atoms with Gasteiger partial charge in [0.2, 0.25) is 0 Å². The van der Waals surface area contributed by atoms with Crippen molar-refractivity contribution in [3.63, 3.8) is 0 Å². The Kier molecular flexibility index (Phi) is 7.40. The molecule has 0 unspecified atom stereocenters. The average molecular weight is 427 g/mol. The van der Waals surface area contributed by atoms with Crippen LogP contribution >= 0.6 is 27.7 Å². The quantitative estimate of drug-likeness (QED) is 0.371. The Labute approximate surface area is 165 Å². The van der Waals surface area contributed by atoms with Gasteiger partial charge in [0.05, 0.1) is 0 Å². The molecule has 0 fully saturated rings. The average Bonchev–Trinajstić information content (AvgIpc) is 2.67. The molecule has 0 N–H and O–H groups in total. The summed E-state index contributed by atoms with van der Waals surface area (Å²) in [5.74, 6) is 1.24. The highest BCUT2D eigenvalue weighted by Crippen LogP contribution is 2.13. The predicted molar refractivity (Wildman–Crippen MR) is 119 cm³/mol. The lowest BCUT2D eigenvalue weighted by atomic mass is 10.1. The zero-order valence-electron chi connectivity index (χ0n) is 14.3. The summed E-state index contributed by atoms with van der Waals surface area (Å²) in [5.41, 5.74) is 1.43. The topological polar surface area (TPSA) is 0 Å². The third kappa shape index (κ3) is 5.88. The Bertz CT molecular complexity index is 705. The van der Waals surface area contributed by atoms with Crippen LogP contribution in [0.2, 0.25) is 0 Å². The summed E-state index contributed by atoms with van der Waals surface area (Å²) < 4.78 is 1.16. The van der Waals surface area contributed by atoms with Gasteiger partial charge in [0.1, 0.15) is 8.80 Å². The van der Waals surface area contributed by atoms with Crippen LogP contribution in [-0.2, 0) is 6.42 Å². The highest BCUT2D eigenvalue weighted by molar-refractivity contribution is 9.10. The zero-order chi connectivity index (χ0) is 17.3. The molecule has 0 aliphatic heterocycles. The number of rotatable bonds is 8. The van der Waals surface area contributed by atoms with Crippen LogP contribution in [0.4, 0.5) is 0 Å². The molecule has 0 aliphatic rings. The fourth-order valence-corrected chi connectivity index (χ4v) is 8.51. The molecule has 0 atom stereocenters. The zero-order valence-corrected chi connectivity index (χ0v) is 17.8. The van der Waals surface area contributed by atoms with Crippen molar-refractivity contribution < 1.29 is 0 Å². The first kappa shape index (κ1) is 18.5. The molecule has 3 aromatic carbocycles. The van der Waals surface area contributed by atoms with Gasteiger partial charge in [-0.15, -0.1) is 0 Å². The second-order valence-electron chi connectivity index (χ2n) is 6.18. The molecule has 0 saturated carbocycles. The van der Waals surface area contributed by atoms with Crippen LogP contribution in [0.25, 0.3) is 0 Å². The van der Waals surface area contributed by atoms with E-state index in [4.69, 9.17) is 0 Å². The molecule has 0 radical (unpaired) electrons. The van der Waals surface area contributed by atoms with Crippen LogP contribution in [-0.4, -0.2) is 19.9 Å². The van der Waals surface area contributed by atoms with Crippen LogP contribution in [0.15, 0.2) is 89.4 Å². The molecule has 0 amide bonds. The third-order valence-corrected chi connectivity index (χ3v) is 10.1. The molecule has 0 heterocycles. The number of benzene rings is 3. The van der Waals surface area contributed by atoms with Crippen molar-refractivity contribution >= 4 is 46.9 Å². The highest BCUT2D eigenvalue weighted by Gasteiger charge is 2.15. The van der Waals surface area contributed by atoms with E-state index in [-0.39, 0.29) is 0 Å². The first-order chi connectivity index (χ1) is 12.3. The van der Waals surface area contributed by atoms with E-state index in [9.17, 15) is 0 Å². The van der Waals surface area contributed by atoms with Gasteiger partial charge in [0.25, 0.3) is 0 Å². The maximum atomic E-state index is 3.50. The van der Waals surface area contributed by atoms with Gasteiger partial charge < -0.3 is 0 Å². The number of hydrogen-bond donors (Lipinski definition) is 0. The summed E-state index contributed by atoms with van der Waals surface area (Å²) >= 11 is 5.63. The van der Waals surface area contributed by atoms with Crippen molar-refractivity contribution in [3.8, 4) is 0 Å². The monoisotopic (exact) mass is 426 g/mol. The Morgan fingerprint density at radius 2 is 1.28 bits per heavy atom. The van der Waals surface area contributed by atoms with E-state index in [1.807, 2.05) is 0 Å². The fraction of sp³-hybridized carbons (Fsp3) is 0.182. The molecule has 0 nitrogen and oxygen atoms in total. The Morgan fingerprint density at radius 3 is 1.84 bits per heavy atom. The van der Waals surface area contributed by atoms with E-state index >= 15 is 0 Å². The maximum absolute atomic E-state index is 3.50. The molecular formula is C22H23BrSSi. The van der Waals surface area contributed by atoms with Crippen LogP contribution in [0.1, 0.15) is 12.0 Å². The van der Waals surface area contributed by atoms with Crippen LogP contribution in [0.5, 0.6) is 0 Å². The molecular weight excluding hydrogens is 404 g/mol. The lowest BCUT2D eigenvalue weighted by Crippen LogP contribution is -2.44. The highest BCUT2D eigenvalue weighted by atomic mass is 79.9. The molecule has 0 aromatic heterocycles. The fourth-order valence-electron chi connectivity index (χ4n) is 2.99. The summed E-state index contributed by atoms with van der Waals surface area (Å²) in [5, 5.41) is 4.37. The van der Waals surface area contributed by atoms with Gasteiger partial charge in [-0.25, -0.2) is 0 Å². The Morgan fingerprint density at radius 1 is 0.720 bits per heavy atom. The predicted octanol–water partition coefficient (Wildman–Crippen LogP) is 4.70. The minimum absolute atomic E-state index is 1.12. The second-order valence-corrected chi connectivity index (χ2v) is 11.7. The molecule has 0 bridgehead atoms. The van der Waals surface area contributed by atoms with Gasteiger partial charge in [-0.2, -0.15) is 11.8 Å². The van der Waals surface area contributed by atoms with Gasteiger partial charge in [0.15, 0.2) is 0 Å². The van der Waals surface area contributed by atoms with Gasteiger partial charge in [-0.1, -0.05) is 99.1 Å². The van der Waals surface area contributed by atoms with Crippen molar-refractivity contribution in [3.05, 3.63) is 95.0 Å². The molecule has 128 valence electrons. The van der Waals surface area contributed by atoms with Crippen molar-refractivity contribution in [2.24, 2.45) is 0 Å². The third-order valence-electron chi connectivity index (χ3n) is 4.36. The smallest absolute Gasteiger partial charge is 0.112 e. The van der Waals surface area contributed by atoms with Gasteiger partial charge in [-0.05, 0) is 41.7 Å². The van der Waals surface area contributed by atoms with E-state index in [0.717, 1.165) is 4.47 Å². The summed E-state index contributed by atoms with van der Waals surface area (Å²) in [6.07, 6.45) is 2.42. The normalized spacial score (nSPS) is 11.0. The second kappa shape index (κ2) is 10.0. The Balaban J connectivity index is 1.53. The molecule has 0 spiro atoms. The largest absolute Gasteiger partial charge is 0.165 e. The SMILES string of the molecule is Brc1ccc(CCCSC[SiH](c2ccccc2)c2ccccc2)cc1. The van der Waals surface area contributed by atoms with E-state index in [1.165, 1.54) is 29.5 Å². The number of hydrogen-bond acceptors (Lipinski definition) is 1. The number of halogens is 1. The molecule has 3 heteroatoms. The molecule has 0 aliphatic carbocycles. The summed E-state index contributed by atoms with van der Waals surface area (Å²) in [6, 6.07) is 30.9. The van der Waals surface area contributed by atoms with E-state index in [2.05, 4.69) is 113 Å². The van der Waals surface area contributed by atoms with E-state index in [0.29, 0.717) is 0 Å². The maximum Gasteiger partial charge on any atom is 0.112 e. The van der Waals surface area contributed by atoms with Crippen molar-refractivity contribution in [2.75, 3.05) is 11.1 Å². The van der Waals surface area contributed by atoms with Gasteiger partial charge in [-0.3, -0.25) is 0 Å². The van der Waals surface area contributed by atoms with Crippen molar-refractivity contribution in [2.45, 2.75) is 12.8 Å². The van der Waals surface area contributed by atoms with Gasteiger partial charge in [0, 0.05) is 4.47 Å². The van der Waals surface area contributed by atoms with Crippen molar-refractivity contribution in [1.82, 2.24) is 0 Å². The minimum Gasteiger partial charge on any atom is -0.165 e. The van der Waals surface area contributed by atoms with E-state index in [1.54, 1.807) is 10.4 Å². The van der Waals surface area contributed by atoms with E-state index < -0.39 is 8.80 Å².